The third-order valence-electron chi connectivity index (χ3n) is 2.57. The van der Waals surface area contributed by atoms with Crippen molar-refractivity contribution >= 4 is 27.7 Å². The molecule has 2 heterocycles. The Hall–Kier alpha value is -2.10. The number of hydrogen-bond acceptors (Lipinski definition) is 4. The van der Waals surface area contributed by atoms with Crippen LogP contribution in [-0.2, 0) is 0 Å². The fourth-order valence-corrected chi connectivity index (χ4v) is 1.78. The van der Waals surface area contributed by atoms with Crippen molar-refractivity contribution < 1.29 is 4.52 Å². The molecule has 4 nitrogen and oxygen atoms in total. The number of nitrogens with zero attached hydrogens (tertiary/aromatic N) is 2. The van der Waals surface area contributed by atoms with E-state index in [1.165, 1.54) is 0 Å². The van der Waals surface area contributed by atoms with Crippen molar-refractivity contribution in [3.63, 3.8) is 0 Å². The van der Waals surface area contributed by atoms with Gasteiger partial charge in [0.05, 0.1) is 10.9 Å². The van der Waals surface area contributed by atoms with Crippen LogP contribution in [0.2, 0.25) is 0 Å². The van der Waals surface area contributed by atoms with E-state index in [1.54, 1.807) is 6.20 Å². The second kappa shape index (κ2) is 2.70. The zero-order chi connectivity index (χ0) is 10.4. The van der Waals surface area contributed by atoms with Crippen molar-refractivity contribution in [3.05, 3.63) is 30.0 Å². The molecule has 0 aliphatic rings. The average Bonchev–Trinajstić information content (AvgIpc) is 2.61. The molecule has 0 saturated heterocycles. The highest BCUT2D eigenvalue weighted by Gasteiger charge is 2.10. The maximum Gasteiger partial charge on any atom is 0.231 e. The predicted octanol–water partition coefficient (Wildman–Crippen LogP) is 2.27. The quantitative estimate of drug-likeness (QED) is 0.603. The number of pyridine rings is 1. The molecule has 0 saturated carbocycles. The Kier molecular flexibility index (Phi) is 1.48. The molecular formula is C11H9N3O. The fraction of sp³-hybridized carbons (Fsp3) is 0.0909. The molecule has 0 radical (unpaired) electrons. The van der Waals surface area contributed by atoms with E-state index < -0.39 is 0 Å². The summed E-state index contributed by atoms with van der Waals surface area (Å²) in [7, 11) is 0. The van der Waals surface area contributed by atoms with Crippen LogP contribution < -0.4 is 5.73 Å². The average molecular weight is 199 g/mol. The van der Waals surface area contributed by atoms with Gasteiger partial charge >= 0.3 is 0 Å². The Labute approximate surface area is 85.7 Å². The Morgan fingerprint density at radius 2 is 2.07 bits per heavy atom. The lowest BCUT2D eigenvalue weighted by atomic mass is 10.1. The van der Waals surface area contributed by atoms with Crippen LogP contribution in [0.15, 0.2) is 28.9 Å². The summed E-state index contributed by atoms with van der Waals surface area (Å²) in [5, 5.41) is 5.70. The SMILES string of the molecule is Cc1cccc2c1ncc1c(N)onc12. The van der Waals surface area contributed by atoms with Gasteiger partial charge in [-0.05, 0) is 12.5 Å². The van der Waals surface area contributed by atoms with Gasteiger partial charge in [-0.15, -0.1) is 0 Å². The van der Waals surface area contributed by atoms with Gasteiger partial charge in [0.25, 0.3) is 0 Å². The summed E-state index contributed by atoms with van der Waals surface area (Å²) in [6, 6.07) is 5.97. The van der Waals surface area contributed by atoms with E-state index in [-0.39, 0.29) is 0 Å². The molecule has 0 atom stereocenters. The van der Waals surface area contributed by atoms with Gasteiger partial charge in [0.1, 0.15) is 5.52 Å². The molecule has 15 heavy (non-hydrogen) atoms. The highest BCUT2D eigenvalue weighted by atomic mass is 16.5. The van der Waals surface area contributed by atoms with Crippen LogP contribution in [0.4, 0.5) is 5.88 Å². The molecule has 0 bridgehead atoms. The molecule has 0 amide bonds. The summed E-state index contributed by atoms with van der Waals surface area (Å²) in [6.07, 6.45) is 1.70. The van der Waals surface area contributed by atoms with Crippen molar-refractivity contribution in [2.75, 3.05) is 5.73 Å². The molecular weight excluding hydrogens is 190 g/mol. The number of nitrogen functional groups attached to an aromatic ring is 1. The van der Waals surface area contributed by atoms with Gasteiger partial charge in [-0.1, -0.05) is 23.4 Å². The number of hydrogen-bond donors (Lipinski definition) is 1. The number of aryl methyl sites for hydroxylation is 1. The van der Waals surface area contributed by atoms with Crippen molar-refractivity contribution in [2.24, 2.45) is 0 Å². The first-order valence-corrected chi connectivity index (χ1v) is 4.66. The zero-order valence-corrected chi connectivity index (χ0v) is 8.19. The van der Waals surface area contributed by atoms with Crippen LogP contribution in [0.3, 0.4) is 0 Å². The Morgan fingerprint density at radius 3 is 2.93 bits per heavy atom. The Bertz CT molecular complexity index is 657. The number of benzene rings is 1. The number of para-hydroxylation sites is 1. The van der Waals surface area contributed by atoms with Crippen LogP contribution in [-0.4, -0.2) is 10.1 Å². The number of anilines is 1. The normalized spacial score (nSPS) is 11.3. The van der Waals surface area contributed by atoms with Gasteiger partial charge in [-0.2, -0.15) is 0 Å². The molecule has 2 N–H and O–H groups in total. The van der Waals surface area contributed by atoms with Gasteiger partial charge < -0.3 is 10.3 Å². The number of nitrogens with two attached hydrogens (primary N) is 1. The van der Waals surface area contributed by atoms with E-state index in [1.807, 2.05) is 25.1 Å². The lowest BCUT2D eigenvalue weighted by Gasteiger charge is -1.99. The van der Waals surface area contributed by atoms with Crippen molar-refractivity contribution in [1.82, 2.24) is 10.1 Å². The molecule has 0 aliphatic heterocycles. The largest absolute Gasteiger partial charge is 0.367 e. The fourth-order valence-electron chi connectivity index (χ4n) is 1.78. The van der Waals surface area contributed by atoms with E-state index in [0.29, 0.717) is 5.88 Å². The third-order valence-corrected chi connectivity index (χ3v) is 2.57. The summed E-state index contributed by atoms with van der Waals surface area (Å²) in [4.78, 5) is 4.36. The van der Waals surface area contributed by atoms with Crippen LogP contribution >= 0.6 is 0 Å². The minimum Gasteiger partial charge on any atom is -0.367 e. The molecule has 3 rings (SSSR count). The first-order chi connectivity index (χ1) is 7.27. The molecule has 0 unspecified atom stereocenters. The Balaban J connectivity index is 2.61. The maximum absolute atomic E-state index is 5.64. The summed E-state index contributed by atoms with van der Waals surface area (Å²) < 4.78 is 4.95. The molecule has 3 aromatic rings. The van der Waals surface area contributed by atoms with Crippen molar-refractivity contribution in [1.29, 1.82) is 0 Å². The maximum atomic E-state index is 5.64. The van der Waals surface area contributed by atoms with Crippen LogP contribution in [0.25, 0.3) is 21.8 Å². The minimum absolute atomic E-state index is 0.320. The van der Waals surface area contributed by atoms with Crippen LogP contribution in [0.5, 0.6) is 0 Å². The van der Waals surface area contributed by atoms with E-state index >= 15 is 0 Å². The van der Waals surface area contributed by atoms with E-state index in [9.17, 15) is 0 Å². The second-order valence-electron chi connectivity index (χ2n) is 3.54. The smallest absolute Gasteiger partial charge is 0.231 e. The molecule has 0 spiro atoms. The summed E-state index contributed by atoms with van der Waals surface area (Å²) in [6.45, 7) is 2.02. The van der Waals surface area contributed by atoms with Crippen molar-refractivity contribution in [3.8, 4) is 0 Å². The van der Waals surface area contributed by atoms with Gasteiger partial charge in [0.2, 0.25) is 5.88 Å². The molecule has 74 valence electrons. The van der Waals surface area contributed by atoms with Gasteiger partial charge in [-0.3, -0.25) is 4.98 Å². The summed E-state index contributed by atoms with van der Waals surface area (Å²) >= 11 is 0. The van der Waals surface area contributed by atoms with Crippen LogP contribution in [0.1, 0.15) is 5.56 Å². The highest BCUT2D eigenvalue weighted by molar-refractivity contribution is 6.06. The lowest BCUT2D eigenvalue weighted by Crippen LogP contribution is -1.85. The van der Waals surface area contributed by atoms with Crippen molar-refractivity contribution in [2.45, 2.75) is 6.92 Å². The number of fused-ring (bicyclic) bond motifs is 3. The van der Waals surface area contributed by atoms with E-state index in [0.717, 1.165) is 27.4 Å². The standard InChI is InChI=1S/C11H9N3O/c1-6-3-2-4-7-9(6)13-5-8-10(7)14-15-11(8)12/h2-5H,12H2,1H3. The molecule has 0 aliphatic carbocycles. The second-order valence-corrected chi connectivity index (χ2v) is 3.54. The molecule has 1 aromatic carbocycles. The number of aromatic nitrogens is 2. The van der Waals surface area contributed by atoms with E-state index in [4.69, 9.17) is 10.3 Å². The zero-order valence-electron chi connectivity index (χ0n) is 8.19. The lowest BCUT2D eigenvalue weighted by molar-refractivity contribution is 0.445. The monoisotopic (exact) mass is 199 g/mol. The number of rotatable bonds is 0. The minimum atomic E-state index is 0.320. The predicted molar refractivity (Wildman–Crippen MR) is 58.5 cm³/mol. The van der Waals surface area contributed by atoms with E-state index in [2.05, 4.69) is 10.1 Å². The van der Waals surface area contributed by atoms with Gasteiger partial charge in [0.15, 0.2) is 0 Å². The Morgan fingerprint density at radius 1 is 1.20 bits per heavy atom. The highest BCUT2D eigenvalue weighted by Crippen LogP contribution is 2.27. The summed E-state index contributed by atoms with van der Waals surface area (Å²) in [5.41, 5.74) is 8.48. The van der Waals surface area contributed by atoms with Gasteiger partial charge in [-0.25, -0.2) is 0 Å². The topological polar surface area (TPSA) is 64.9 Å². The molecule has 4 heteroatoms. The summed E-state index contributed by atoms with van der Waals surface area (Å²) in [5.74, 6) is 0.320. The first kappa shape index (κ1) is 8.23. The molecule has 0 fully saturated rings. The molecule has 2 aromatic heterocycles. The third kappa shape index (κ3) is 1.01. The van der Waals surface area contributed by atoms with Crippen LogP contribution in [0, 0.1) is 6.92 Å². The van der Waals surface area contributed by atoms with Gasteiger partial charge in [0, 0.05) is 11.6 Å². The first-order valence-electron chi connectivity index (χ1n) is 4.66.